The number of benzene rings is 1. The second-order valence-electron chi connectivity index (χ2n) is 5.64. The molecule has 19 heavy (non-hydrogen) atoms. The van der Waals surface area contributed by atoms with Gasteiger partial charge in [0.15, 0.2) is 0 Å². The summed E-state index contributed by atoms with van der Waals surface area (Å²) in [5.41, 5.74) is 2.35. The van der Waals surface area contributed by atoms with Crippen LogP contribution in [0.1, 0.15) is 42.7 Å². The Labute approximate surface area is 114 Å². The first-order valence-electron chi connectivity index (χ1n) is 7.30. The zero-order valence-corrected chi connectivity index (χ0v) is 11.2. The van der Waals surface area contributed by atoms with Crippen molar-refractivity contribution in [3.8, 4) is 0 Å². The third-order valence-corrected chi connectivity index (χ3v) is 4.37. The van der Waals surface area contributed by atoms with Gasteiger partial charge in [0.2, 0.25) is 0 Å². The van der Waals surface area contributed by atoms with E-state index < -0.39 is 0 Å². The summed E-state index contributed by atoms with van der Waals surface area (Å²) in [4.78, 5) is 12.2. The van der Waals surface area contributed by atoms with Gasteiger partial charge in [-0.1, -0.05) is 43.5 Å². The lowest BCUT2D eigenvalue weighted by Gasteiger charge is -2.27. The summed E-state index contributed by atoms with van der Waals surface area (Å²) < 4.78 is 5.47. The van der Waals surface area contributed by atoms with Crippen LogP contribution in [0, 0.1) is 5.92 Å². The lowest BCUT2D eigenvalue weighted by molar-refractivity contribution is -0.146. The van der Waals surface area contributed by atoms with Crippen LogP contribution in [-0.4, -0.2) is 19.1 Å². The van der Waals surface area contributed by atoms with Gasteiger partial charge in [-0.2, -0.15) is 0 Å². The van der Waals surface area contributed by atoms with Gasteiger partial charge in [0.25, 0.3) is 0 Å². The highest BCUT2D eigenvalue weighted by molar-refractivity contribution is 5.79. The van der Waals surface area contributed by atoms with E-state index in [1.165, 1.54) is 24.8 Å². The minimum atomic E-state index is -0.133. The molecule has 1 saturated carbocycles. The molecule has 0 aromatic heterocycles. The number of ether oxygens (including phenoxy) is 1. The van der Waals surface area contributed by atoms with E-state index >= 15 is 0 Å². The molecule has 1 aromatic carbocycles. The van der Waals surface area contributed by atoms with Crippen LogP contribution in [-0.2, 0) is 16.1 Å². The molecular weight excluding hydrogens is 238 g/mol. The third-order valence-electron chi connectivity index (χ3n) is 4.37. The second kappa shape index (κ2) is 5.74. The quantitative estimate of drug-likeness (QED) is 0.845. The number of hydrogen-bond acceptors (Lipinski definition) is 3. The van der Waals surface area contributed by atoms with E-state index in [1.807, 2.05) is 18.2 Å². The summed E-state index contributed by atoms with van der Waals surface area (Å²) >= 11 is 0. The molecular formula is C16H21NO2. The van der Waals surface area contributed by atoms with Crippen molar-refractivity contribution < 1.29 is 9.53 Å². The smallest absolute Gasteiger partial charge is 0.314 e. The monoisotopic (exact) mass is 259 g/mol. The Bertz CT molecular complexity index is 454. The molecule has 1 aliphatic heterocycles. The van der Waals surface area contributed by atoms with Crippen LogP contribution in [0.25, 0.3) is 0 Å². The van der Waals surface area contributed by atoms with Crippen molar-refractivity contribution in [3.63, 3.8) is 0 Å². The molecule has 2 aliphatic rings. The Morgan fingerprint density at radius 2 is 2.16 bits per heavy atom. The average molecular weight is 259 g/mol. The molecule has 0 radical (unpaired) electrons. The number of hydrogen-bond donors (Lipinski definition) is 1. The highest BCUT2D eigenvalue weighted by Gasteiger charge is 2.27. The van der Waals surface area contributed by atoms with Crippen molar-refractivity contribution in [3.05, 3.63) is 35.4 Å². The molecule has 1 unspecified atom stereocenters. The van der Waals surface area contributed by atoms with Crippen molar-refractivity contribution in [2.45, 2.75) is 38.1 Å². The van der Waals surface area contributed by atoms with E-state index in [2.05, 4.69) is 11.4 Å². The van der Waals surface area contributed by atoms with Gasteiger partial charge in [0, 0.05) is 13.1 Å². The van der Waals surface area contributed by atoms with Gasteiger partial charge in [-0.15, -0.1) is 0 Å². The van der Waals surface area contributed by atoms with Gasteiger partial charge in [-0.25, -0.2) is 0 Å². The van der Waals surface area contributed by atoms with Crippen molar-refractivity contribution in [2.75, 3.05) is 13.2 Å². The summed E-state index contributed by atoms with van der Waals surface area (Å²) in [7, 11) is 0. The van der Waals surface area contributed by atoms with Crippen LogP contribution in [0.2, 0.25) is 0 Å². The molecule has 1 aromatic rings. The third kappa shape index (κ3) is 2.81. The molecule has 0 bridgehead atoms. The van der Waals surface area contributed by atoms with Crippen LogP contribution in [0.4, 0.5) is 0 Å². The number of carbonyl (C=O) groups excluding carboxylic acids is 1. The number of fused-ring (bicyclic) bond motifs is 1. The SMILES string of the molecule is O=C(OCCC1CCC1)C1CNCc2ccccc21. The molecule has 3 rings (SSSR count). The molecule has 3 heteroatoms. The van der Waals surface area contributed by atoms with Crippen molar-refractivity contribution in [2.24, 2.45) is 5.92 Å². The summed E-state index contributed by atoms with van der Waals surface area (Å²) in [5, 5.41) is 3.29. The first-order chi connectivity index (χ1) is 9.34. The first-order valence-corrected chi connectivity index (χ1v) is 7.30. The first kappa shape index (κ1) is 12.7. The van der Waals surface area contributed by atoms with Gasteiger partial charge < -0.3 is 10.1 Å². The van der Waals surface area contributed by atoms with E-state index in [9.17, 15) is 4.79 Å². The van der Waals surface area contributed by atoms with Crippen LogP contribution < -0.4 is 5.32 Å². The molecule has 0 amide bonds. The highest BCUT2D eigenvalue weighted by atomic mass is 16.5. The van der Waals surface area contributed by atoms with Gasteiger partial charge in [0.05, 0.1) is 12.5 Å². The van der Waals surface area contributed by atoms with E-state index in [1.54, 1.807) is 0 Å². The summed E-state index contributed by atoms with van der Waals surface area (Å²) in [5.74, 6) is 0.592. The Hall–Kier alpha value is -1.35. The maximum absolute atomic E-state index is 12.2. The van der Waals surface area contributed by atoms with E-state index in [-0.39, 0.29) is 11.9 Å². The molecule has 1 aliphatic carbocycles. The minimum Gasteiger partial charge on any atom is -0.465 e. The predicted octanol–water partition coefficient (Wildman–Crippen LogP) is 2.61. The van der Waals surface area contributed by atoms with E-state index in [4.69, 9.17) is 4.74 Å². The molecule has 3 nitrogen and oxygen atoms in total. The predicted molar refractivity (Wildman–Crippen MR) is 73.8 cm³/mol. The van der Waals surface area contributed by atoms with Crippen LogP contribution in [0.3, 0.4) is 0 Å². The van der Waals surface area contributed by atoms with Crippen LogP contribution >= 0.6 is 0 Å². The molecule has 1 fully saturated rings. The maximum Gasteiger partial charge on any atom is 0.314 e. The van der Waals surface area contributed by atoms with Gasteiger partial charge in [0.1, 0.15) is 0 Å². The Balaban J connectivity index is 1.57. The van der Waals surface area contributed by atoms with Gasteiger partial charge in [-0.05, 0) is 23.5 Å². The lowest BCUT2D eigenvalue weighted by atomic mass is 9.83. The lowest BCUT2D eigenvalue weighted by Crippen LogP contribution is -2.33. The van der Waals surface area contributed by atoms with Crippen molar-refractivity contribution in [1.29, 1.82) is 0 Å². The standard InChI is InChI=1S/C16H21NO2/c18-16(19-9-8-12-4-3-5-12)15-11-17-10-13-6-1-2-7-14(13)15/h1-2,6-7,12,15,17H,3-5,8-11H2. The molecule has 1 atom stereocenters. The fourth-order valence-corrected chi connectivity index (χ4v) is 2.91. The number of rotatable bonds is 4. The van der Waals surface area contributed by atoms with E-state index in [0.717, 1.165) is 24.4 Å². The Morgan fingerprint density at radius 3 is 2.95 bits per heavy atom. The molecule has 0 spiro atoms. The topological polar surface area (TPSA) is 38.3 Å². The zero-order valence-electron chi connectivity index (χ0n) is 11.2. The second-order valence-corrected chi connectivity index (χ2v) is 5.64. The van der Waals surface area contributed by atoms with E-state index in [0.29, 0.717) is 13.2 Å². The minimum absolute atomic E-state index is 0.0704. The van der Waals surface area contributed by atoms with Gasteiger partial charge >= 0.3 is 5.97 Å². The summed E-state index contributed by atoms with van der Waals surface area (Å²) in [6.07, 6.45) is 5.00. The summed E-state index contributed by atoms with van der Waals surface area (Å²) in [6.45, 7) is 2.13. The molecule has 102 valence electrons. The van der Waals surface area contributed by atoms with Crippen LogP contribution in [0.15, 0.2) is 24.3 Å². The normalized spacial score (nSPS) is 22.4. The Morgan fingerprint density at radius 1 is 1.32 bits per heavy atom. The fourth-order valence-electron chi connectivity index (χ4n) is 2.91. The largest absolute Gasteiger partial charge is 0.465 e. The van der Waals surface area contributed by atoms with Crippen molar-refractivity contribution >= 4 is 5.97 Å². The van der Waals surface area contributed by atoms with Crippen molar-refractivity contribution in [1.82, 2.24) is 5.32 Å². The maximum atomic E-state index is 12.2. The molecule has 0 saturated heterocycles. The average Bonchev–Trinajstić information content (AvgIpc) is 2.40. The molecule has 1 N–H and O–H groups in total. The summed E-state index contributed by atoms with van der Waals surface area (Å²) in [6, 6.07) is 8.15. The highest BCUT2D eigenvalue weighted by Crippen LogP contribution is 2.30. The molecule has 1 heterocycles. The fraction of sp³-hybridized carbons (Fsp3) is 0.562. The van der Waals surface area contributed by atoms with Gasteiger partial charge in [-0.3, -0.25) is 4.79 Å². The number of esters is 1. The number of nitrogens with one attached hydrogen (secondary N) is 1. The number of carbonyl (C=O) groups is 1. The van der Waals surface area contributed by atoms with Crippen LogP contribution in [0.5, 0.6) is 0 Å². The Kier molecular flexibility index (Phi) is 3.83. The zero-order chi connectivity index (χ0) is 13.1.